The van der Waals surface area contributed by atoms with E-state index < -0.39 is 0 Å². The number of hydrogen-bond acceptors (Lipinski definition) is 5. The number of aliphatic hydroxyl groups excluding tert-OH is 1. The highest BCUT2D eigenvalue weighted by atomic mass is 16.5. The van der Waals surface area contributed by atoms with E-state index in [9.17, 15) is 5.11 Å². The van der Waals surface area contributed by atoms with E-state index in [-0.39, 0.29) is 6.10 Å². The van der Waals surface area contributed by atoms with Crippen LogP contribution >= 0.6 is 0 Å². The Bertz CT molecular complexity index is 511. The van der Waals surface area contributed by atoms with Crippen LogP contribution in [0.25, 0.3) is 0 Å². The second-order valence-corrected chi connectivity index (χ2v) is 7.21. The molecule has 1 N–H and O–H groups in total. The highest BCUT2D eigenvalue weighted by Gasteiger charge is 2.22. The van der Waals surface area contributed by atoms with Crippen LogP contribution in [-0.4, -0.2) is 68.7 Å². The van der Waals surface area contributed by atoms with Gasteiger partial charge >= 0.3 is 0 Å². The lowest BCUT2D eigenvalue weighted by Crippen LogP contribution is -2.49. The van der Waals surface area contributed by atoms with E-state index >= 15 is 0 Å². The molecule has 1 aromatic carbocycles. The fourth-order valence-electron chi connectivity index (χ4n) is 3.89. The summed E-state index contributed by atoms with van der Waals surface area (Å²) in [5.41, 5.74) is 1.16. The van der Waals surface area contributed by atoms with E-state index in [1.54, 1.807) is 7.11 Å². The Morgan fingerprint density at radius 1 is 1.08 bits per heavy atom. The summed E-state index contributed by atoms with van der Waals surface area (Å²) in [6.07, 6.45) is 6.16. The zero-order valence-corrected chi connectivity index (χ0v) is 15.4. The molecule has 0 spiro atoms. The number of β-amino-alcohol motifs (C(OH)–C–C–N with tert-alkyl or cyclic N) is 1. The van der Waals surface area contributed by atoms with Crippen molar-refractivity contribution in [2.45, 2.75) is 44.3 Å². The molecule has 0 amide bonds. The van der Waals surface area contributed by atoms with E-state index in [0.29, 0.717) is 19.3 Å². The molecule has 25 heavy (non-hydrogen) atoms. The first-order valence-corrected chi connectivity index (χ1v) is 9.66. The van der Waals surface area contributed by atoms with Crippen LogP contribution in [0.15, 0.2) is 24.3 Å². The van der Waals surface area contributed by atoms with Crippen LogP contribution in [-0.2, 0) is 4.74 Å². The molecule has 1 saturated carbocycles. The third kappa shape index (κ3) is 5.33. The quantitative estimate of drug-likeness (QED) is 0.820. The van der Waals surface area contributed by atoms with Gasteiger partial charge in [0.15, 0.2) is 0 Å². The van der Waals surface area contributed by atoms with Gasteiger partial charge in [-0.05, 0) is 25.0 Å². The summed E-state index contributed by atoms with van der Waals surface area (Å²) in [5.74, 6) is 0.928. The topological polar surface area (TPSA) is 45.2 Å². The molecular formula is C20H32N2O3. The van der Waals surface area contributed by atoms with Crippen molar-refractivity contribution < 1.29 is 14.6 Å². The zero-order chi connectivity index (χ0) is 17.5. The summed E-state index contributed by atoms with van der Waals surface area (Å²) in [6, 6.07) is 8.17. The summed E-state index contributed by atoms with van der Waals surface area (Å²) in [6.45, 7) is 4.99. The lowest BCUT2D eigenvalue weighted by molar-refractivity contribution is -0.0336. The van der Waals surface area contributed by atoms with E-state index in [1.807, 2.05) is 12.1 Å². The van der Waals surface area contributed by atoms with Crippen LogP contribution in [0.1, 0.15) is 32.1 Å². The number of hydrogen-bond donors (Lipinski definition) is 1. The van der Waals surface area contributed by atoms with E-state index in [4.69, 9.17) is 9.47 Å². The highest BCUT2D eigenvalue weighted by molar-refractivity contribution is 5.58. The molecular weight excluding hydrogens is 316 g/mol. The Labute approximate surface area is 151 Å². The lowest BCUT2D eigenvalue weighted by Gasteiger charge is -2.37. The Morgan fingerprint density at radius 3 is 2.52 bits per heavy atom. The Morgan fingerprint density at radius 2 is 1.80 bits per heavy atom. The van der Waals surface area contributed by atoms with Crippen molar-refractivity contribution >= 4 is 5.69 Å². The van der Waals surface area contributed by atoms with Gasteiger partial charge < -0.3 is 19.5 Å². The molecule has 1 aromatic rings. The Kier molecular flexibility index (Phi) is 6.96. The van der Waals surface area contributed by atoms with Gasteiger partial charge in [0.05, 0.1) is 31.6 Å². The van der Waals surface area contributed by atoms with E-state index in [1.165, 1.54) is 19.3 Å². The number of methoxy groups -OCH3 is 1. The fraction of sp³-hybridized carbons (Fsp3) is 0.700. The number of ether oxygens (including phenoxy) is 2. The molecule has 1 saturated heterocycles. The Balaban J connectivity index is 1.40. The monoisotopic (exact) mass is 348 g/mol. The second kappa shape index (κ2) is 9.41. The fourth-order valence-corrected chi connectivity index (χ4v) is 3.89. The smallest absolute Gasteiger partial charge is 0.142 e. The van der Waals surface area contributed by atoms with Gasteiger partial charge in [0, 0.05) is 32.7 Å². The molecule has 0 radical (unpaired) electrons. The molecule has 3 rings (SSSR count). The first-order chi connectivity index (χ1) is 12.3. The SMILES string of the molecule is COc1ccccc1N1CCN(C[C@H](O)COC2CCCCC2)CC1. The molecule has 1 heterocycles. The molecule has 1 atom stereocenters. The second-order valence-electron chi connectivity index (χ2n) is 7.21. The van der Waals surface area contributed by atoms with Gasteiger partial charge in [-0.25, -0.2) is 0 Å². The van der Waals surface area contributed by atoms with Crippen molar-refractivity contribution in [2.75, 3.05) is 51.3 Å². The summed E-state index contributed by atoms with van der Waals surface area (Å²) in [4.78, 5) is 4.70. The van der Waals surface area contributed by atoms with Crippen molar-refractivity contribution in [3.63, 3.8) is 0 Å². The van der Waals surface area contributed by atoms with Gasteiger partial charge in [-0.15, -0.1) is 0 Å². The molecule has 0 unspecified atom stereocenters. The van der Waals surface area contributed by atoms with Crippen molar-refractivity contribution in [3.05, 3.63) is 24.3 Å². The van der Waals surface area contributed by atoms with Crippen LogP contribution in [0.2, 0.25) is 0 Å². The van der Waals surface area contributed by atoms with Crippen LogP contribution in [0.4, 0.5) is 5.69 Å². The molecule has 1 aliphatic carbocycles. The number of piperazine rings is 1. The summed E-state index contributed by atoms with van der Waals surface area (Å²) < 4.78 is 11.4. The maximum atomic E-state index is 10.3. The molecule has 0 bridgehead atoms. The van der Waals surface area contributed by atoms with Crippen molar-refractivity contribution in [1.29, 1.82) is 0 Å². The van der Waals surface area contributed by atoms with Gasteiger partial charge in [0.2, 0.25) is 0 Å². The molecule has 0 aromatic heterocycles. The zero-order valence-electron chi connectivity index (χ0n) is 15.4. The average Bonchev–Trinajstić information content (AvgIpc) is 2.68. The van der Waals surface area contributed by atoms with Gasteiger partial charge in [0.25, 0.3) is 0 Å². The number of anilines is 1. The first kappa shape index (κ1) is 18.5. The minimum Gasteiger partial charge on any atom is -0.495 e. The molecule has 5 nitrogen and oxygen atoms in total. The largest absolute Gasteiger partial charge is 0.495 e. The summed E-state index contributed by atoms with van der Waals surface area (Å²) in [7, 11) is 1.72. The number of para-hydroxylation sites is 2. The average molecular weight is 348 g/mol. The molecule has 1 aliphatic heterocycles. The maximum Gasteiger partial charge on any atom is 0.142 e. The van der Waals surface area contributed by atoms with Crippen LogP contribution < -0.4 is 9.64 Å². The van der Waals surface area contributed by atoms with Crippen LogP contribution in [0, 0.1) is 0 Å². The van der Waals surface area contributed by atoms with Crippen LogP contribution in [0.3, 0.4) is 0 Å². The van der Waals surface area contributed by atoms with E-state index in [2.05, 4.69) is 21.9 Å². The predicted molar refractivity (Wildman–Crippen MR) is 100 cm³/mol. The first-order valence-electron chi connectivity index (χ1n) is 9.66. The molecule has 2 aliphatic rings. The maximum absolute atomic E-state index is 10.3. The predicted octanol–water partition coefficient (Wildman–Crippen LogP) is 2.53. The van der Waals surface area contributed by atoms with Crippen molar-refractivity contribution in [2.24, 2.45) is 0 Å². The normalized spacial score (nSPS) is 21.3. The number of rotatable bonds is 7. The van der Waals surface area contributed by atoms with Crippen LogP contribution in [0.5, 0.6) is 5.75 Å². The van der Waals surface area contributed by atoms with Gasteiger partial charge in [0.1, 0.15) is 5.75 Å². The Hall–Kier alpha value is -1.30. The third-order valence-corrected chi connectivity index (χ3v) is 5.34. The summed E-state index contributed by atoms with van der Waals surface area (Å²) in [5, 5.41) is 10.3. The number of aliphatic hydroxyl groups is 1. The summed E-state index contributed by atoms with van der Waals surface area (Å²) >= 11 is 0. The van der Waals surface area contributed by atoms with Gasteiger partial charge in [-0.3, -0.25) is 4.90 Å². The molecule has 5 heteroatoms. The minimum atomic E-state index is -0.389. The van der Waals surface area contributed by atoms with E-state index in [0.717, 1.165) is 50.5 Å². The highest BCUT2D eigenvalue weighted by Crippen LogP contribution is 2.28. The third-order valence-electron chi connectivity index (χ3n) is 5.34. The van der Waals surface area contributed by atoms with Gasteiger partial charge in [-0.2, -0.15) is 0 Å². The lowest BCUT2D eigenvalue weighted by atomic mass is 9.98. The minimum absolute atomic E-state index is 0.366. The number of nitrogens with zero attached hydrogens (tertiary/aromatic N) is 2. The molecule has 2 fully saturated rings. The molecule has 140 valence electrons. The van der Waals surface area contributed by atoms with Crippen molar-refractivity contribution in [1.82, 2.24) is 4.90 Å². The van der Waals surface area contributed by atoms with Gasteiger partial charge in [-0.1, -0.05) is 31.4 Å². The number of benzene rings is 1. The van der Waals surface area contributed by atoms with Crippen molar-refractivity contribution in [3.8, 4) is 5.75 Å². The standard InChI is InChI=1S/C20H32N2O3/c1-24-20-10-6-5-9-19(20)22-13-11-21(12-14-22)15-17(23)16-25-18-7-3-2-4-8-18/h5-6,9-10,17-18,23H,2-4,7-8,11-16H2,1H3/t17-/m0/s1.